The lowest BCUT2D eigenvalue weighted by molar-refractivity contribution is -0.107. The SMILES string of the molecule is CCC(CO)n1c(=O)c(C(OC)OC)cc2ccc(Oc3ccccc3)cc21. The molecule has 1 aromatic heterocycles. The molecule has 3 rings (SSSR count). The molecule has 148 valence electrons. The van der Waals surface area contributed by atoms with Crippen LogP contribution >= 0.6 is 0 Å². The first-order chi connectivity index (χ1) is 13.6. The van der Waals surface area contributed by atoms with Gasteiger partial charge < -0.3 is 23.9 Å². The van der Waals surface area contributed by atoms with Crippen LogP contribution in [0.25, 0.3) is 10.9 Å². The largest absolute Gasteiger partial charge is 0.457 e. The summed E-state index contributed by atoms with van der Waals surface area (Å²) in [6.07, 6.45) is -0.178. The van der Waals surface area contributed by atoms with Crippen molar-refractivity contribution in [3.8, 4) is 11.5 Å². The van der Waals surface area contributed by atoms with Crippen LogP contribution in [0.3, 0.4) is 0 Å². The van der Waals surface area contributed by atoms with Crippen LogP contribution in [0.1, 0.15) is 31.2 Å². The minimum Gasteiger partial charge on any atom is -0.457 e. The number of para-hydroxylation sites is 1. The number of ether oxygens (including phenoxy) is 3. The van der Waals surface area contributed by atoms with Crippen LogP contribution in [0.15, 0.2) is 59.4 Å². The lowest BCUT2D eigenvalue weighted by Gasteiger charge is -2.22. The van der Waals surface area contributed by atoms with E-state index in [1.807, 2.05) is 55.5 Å². The smallest absolute Gasteiger partial charge is 0.259 e. The molecule has 6 nitrogen and oxygen atoms in total. The maximum absolute atomic E-state index is 13.2. The predicted octanol–water partition coefficient (Wildman–Crippen LogP) is 4.03. The second kappa shape index (κ2) is 9.01. The number of hydrogen-bond acceptors (Lipinski definition) is 5. The van der Waals surface area contributed by atoms with Gasteiger partial charge in [-0.25, -0.2) is 0 Å². The fourth-order valence-corrected chi connectivity index (χ4v) is 3.29. The van der Waals surface area contributed by atoms with Crippen LogP contribution in [-0.4, -0.2) is 30.5 Å². The van der Waals surface area contributed by atoms with Gasteiger partial charge in [0, 0.05) is 20.3 Å². The van der Waals surface area contributed by atoms with Gasteiger partial charge in [-0.1, -0.05) is 25.1 Å². The summed E-state index contributed by atoms with van der Waals surface area (Å²) >= 11 is 0. The molecule has 1 unspecified atom stereocenters. The lowest BCUT2D eigenvalue weighted by atomic mass is 10.1. The summed E-state index contributed by atoms with van der Waals surface area (Å²) in [5.41, 5.74) is 0.828. The van der Waals surface area contributed by atoms with E-state index in [9.17, 15) is 9.90 Å². The van der Waals surface area contributed by atoms with Crippen molar-refractivity contribution in [1.82, 2.24) is 4.57 Å². The number of aromatic nitrogens is 1. The molecule has 1 heterocycles. The molecule has 0 saturated heterocycles. The zero-order valence-electron chi connectivity index (χ0n) is 16.3. The van der Waals surface area contributed by atoms with Crippen molar-refractivity contribution in [3.63, 3.8) is 0 Å². The molecule has 0 fully saturated rings. The maximum Gasteiger partial charge on any atom is 0.259 e. The molecule has 1 N–H and O–H groups in total. The summed E-state index contributed by atoms with van der Waals surface area (Å²) < 4.78 is 18.1. The summed E-state index contributed by atoms with van der Waals surface area (Å²) in [7, 11) is 2.98. The summed E-state index contributed by atoms with van der Waals surface area (Å²) in [5, 5.41) is 10.7. The van der Waals surface area contributed by atoms with Gasteiger partial charge in [-0.2, -0.15) is 0 Å². The molecule has 28 heavy (non-hydrogen) atoms. The van der Waals surface area contributed by atoms with E-state index >= 15 is 0 Å². The Kier molecular flexibility index (Phi) is 6.46. The number of rotatable bonds is 8. The Morgan fingerprint density at radius 2 is 1.71 bits per heavy atom. The van der Waals surface area contributed by atoms with E-state index in [0.29, 0.717) is 29.0 Å². The van der Waals surface area contributed by atoms with Crippen molar-refractivity contribution in [2.45, 2.75) is 25.7 Å². The van der Waals surface area contributed by atoms with E-state index in [0.717, 1.165) is 5.39 Å². The van der Waals surface area contributed by atoms with Gasteiger partial charge in [-0.05, 0) is 42.1 Å². The van der Waals surface area contributed by atoms with Gasteiger partial charge in [-0.15, -0.1) is 0 Å². The van der Waals surface area contributed by atoms with Crippen LogP contribution < -0.4 is 10.3 Å². The summed E-state index contributed by atoms with van der Waals surface area (Å²) in [4.78, 5) is 13.2. The molecule has 0 aliphatic heterocycles. The first-order valence-electron chi connectivity index (χ1n) is 9.21. The van der Waals surface area contributed by atoms with Crippen molar-refractivity contribution in [1.29, 1.82) is 0 Å². The van der Waals surface area contributed by atoms with E-state index in [1.165, 1.54) is 14.2 Å². The number of benzene rings is 2. The van der Waals surface area contributed by atoms with Gasteiger partial charge in [0.15, 0.2) is 6.29 Å². The average Bonchev–Trinajstić information content (AvgIpc) is 2.73. The average molecular weight is 383 g/mol. The molecule has 3 aromatic rings. The van der Waals surface area contributed by atoms with Crippen LogP contribution in [0.2, 0.25) is 0 Å². The first-order valence-corrected chi connectivity index (χ1v) is 9.21. The van der Waals surface area contributed by atoms with E-state index in [-0.39, 0.29) is 18.2 Å². The molecular weight excluding hydrogens is 358 g/mol. The Balaban J connectivity index is 2.19. The van der Waals surface area contributed by atoms with Gasteiger partial charge in [0.2, 0.25) is 0 Å². The van der Waals surface area contributed by atoms with E-state index < -0.39 is 6.29 Å². The van der Waals surface area contributed by atoms with Crippen molar-refractivity contribution < 1.29 is 19.3 Å². The molecule has 0 bridgehead atoms. The molecule has 1 atom stereocenters. The zero-order chi connectivity index (χ0) is 20.1. The quantitative estimate of drug-likeness (QED) is 0.595. The highest BCUT2D eigenvalue weighted by molar-refractivity contribution is 5.81. The van der Waals surface area contributed by atoms with E-state index in [4.69, 9.17) is 14.2 Å². The van der Waals surface area contributed by atoms with Crippen molar-refractivity contribution in [2.24, 2.45) is 0 Å². The highest BCUT2D eigenvalue weighted by atomic mass is 16.7. The number of pyridine rings is 1. The number of aliphatic hydroxyl groups is 1. The molecule has 0 amide bonds. The topological polar surface area (TPSA) is 69.9 Å². The van der Waals surface area contributed by atoms with Gasteiger partial charge in [0.25, 0.3) is 5.56 Å². The molecule has 0 saturated carbocycles. The molecule has 2 aromatic carbocycles. The van der Waals surface area contributed by atoms with Crippen molar-refractivity contribution in [2.75, 3.05) is 20.8 Å². The van der Waals surface area contributed by atoms with Crippen LogP contribution in [0.5, 0.6) is 11.5 Å². The fraction of sp³-hybridized carbons (Fsp3) is 0.318. The van der Waals surface area contributed by atoms with Gasteiger partial charge >= 0.3 is 0 Å². The Hall–Kier alpha value is -2.67. The van der Waals surface area contributed by atoms with Crippen LogP contribution in [0, 0.1) is 0 Å². The Bertz CT molecular complexity index is 975. The number of fused-ring (bicyclic) bond motifs is 1. The van der Waals surface area contributed by atoms with E-state index in [2.05, 4.69) is 0 Å². The third-order valence-electron chi connectivity index (χ3n) is 4.75. The second-order valence-corrected chi connectivity index (χ2v) is 6.46. The van der Waals surface area contributed by atoms with Gasteiger partial charge in [0.05, 0.1) is 23.7 Å². The minimum absolute atomic E-state index is 0.149. The van der Waals surface area contributed by atoms with Gasteiger partial charge in [-0.3, -0.25) is 4.79 Å². The molecule has 0 spiro atoms. The standard InChI is InChI=1S/C22H25NO5/c1-4-16(14-24)23-20-13-18(28-17-8-6-5-7-9-17)11-10-15(20)12-19(21(23)25)22(26-2)27-3/h5-13,16,22,24H,4,14H2,1-3H3. The summed E-state index contributed by atoms with van der Waals surface area (Å²) in [5.74, 6) is 1.32. The highest BCUT2D eigenvalue weighted by Crippen LogP contribution is 2.29. The number of aliphatic hydroxyl groups excluding tert-OH is 1. The van der Waals surface area contributed by atoms with E-state index in [1.54, 1.807) is 10.6 Å². The summed E-state index contributed by atoms with van der Waals surface area (Å²) in [6, 6.07) is 16.4. The maximum atomic E-state index is 13.2. The molecular formula is C22H25NO5. The number of nitrogens with zero attached hydrogens (tertiary/aromatic N) is 1. The molecule has 6 heteroatoms. The Labute approximate surface area is 163 Å². The summed E-state index contributed by atoms with van der Waals surface area (Å²) in [6.45, 7) is 1.78. The Morgan fingerprint density at radius 1 is 1.00 bits per heavy atom. The van der Waals surface area contributed by atoms with Crippen LogP contribution in [-0.2, 0) is 9.47 Å². The Morgan fingerprint density at radius 3 is 2.32 bits per heavy atom. The second-order valence-electron chi connectivity index (χ2n) is 6.46. The number of methoxy groups -OCH3 is 2. The van der Waals surface area contributed by atoms with Gasteiger partial charge in [0.1, 0.15) is 11.5 Å². The molecule has 0 radical (unpaired) electrons. The third-order valence-corrected chi connectivity index (χ3v) is 4.75. The number of hydrogen-bond donors (Lipinski definition) is 1. The fourth-order valence-electron chi connectivity index (χ4n) is 3.29. The monoisotopic (exact) mass is 383 g/mol. The molecule has 0 aliphatic carbocycles. The van der Waals surface area contributed by atoms with Crippen molar-refractivity contribution in [3.05, 3.63) is 70.5 Å². The molecule has 0 aliphatic rings. The highest BCUT2D eigenvalue weighted by Gasteiger charge is 2.21. The van der Waals surface area contributed by atoms with Crippen LogP contribution in [0.4, 0.5) is 0 Å². The lowest BCUT2D eigenvalue weighted by Crippen LogP contribution is -2.31. The minimum atomic E-state index is -0.778. The van der Waals surface area contributed by atoms with Crippen molar-refractivity contribution >= 4 is 10.9 Å². The first kappa shape index (κ1) is 20.1. The predicted molar refractivity (Wildman–Crippen MR) is 108 cm³/mol. The normalized spacial score (nSPS) is 12.5. The third kappa shape index (κ3) is 3.94. The zero-order valence-corrected chi connectivity index (χ0v) is 16.3.